The van der Waals surface area contributed by atoms with Crippen molar-refractivity contribution in [1.29, 1.82) is 0 Å². The zero-order chi connectivity index (χ0) is 25.1. The number of aromatic carboxylic acids is 1. The Kier molecular flexibility index (Phi) is 7.05. The fraction of sp³-hybridized carbons (Fsp3) is 0.125. The van der Waals surface area contributed by atoms with Gasteiger partial charge in [-0.2, -0.15) is 9.36 Å². The fourth-order valence-electron chi connectivity index (χ4n) is 3.54. The molecule has 0 saturated heterocycles. The van der Waals surface area contributed by atoms with E-state index in [9.17, 15) is 23.9 Å². The molecule has 0 saturated carbocycles. The number of hydrogen-bond donors (Lipinski definition) is 2. The highest BCUT2D eigenvalue weighted by atomic mass is 127. The molecule has 1 aromatic heterocycles. The molecule has 9 nitrogen and oxygen atoms in total. The Morgan fingerprint density at radius 3 is 2.51 bits per heavy atom. The van der Waals surface area contributed by atoms with Crippen molar-refractivity contribution in [1.82, 2.24) is 25.1 Å². The molecule has 0 bridgehead atoms. The molecule has 0 atom stereocenters. The first-order valence-corrected chi connectivity index (χ1v) is 11.5. The van der Waals surface area contributed by atoms with Crippen molar-refractivity contribution in [2.45, 2.75) is 20.0 Å². The van der Waals surface area contributed by atoms with E-state index >= 15 is 0 Å². The van der Waals surface area contributed by atoms with Crippen LogP contribution in [0.4, 0.5) is 4.39 Å². The molecule has 4 aromatic rings. The van der Waals surface area contributed by atoms with Crippen LogP contribution in [0, 0.1) is 16.3 Å². The van der Waals surface area contributed by atoms with E-state index in [-0.39, 0.29) is 24.2 Å². The summed E-state index contributed by atoms with van der Waals surface area (Å²) in [5.41, 5.74) is 2.53. The molecule has 4 rings (SSSR count). The minimum Gasteiger partial charge on any atom is -0.478 e. The molecule has 2 N–H and O–H groups in total. The predicted molar refractivity (Wildman–Crippen MR) is 133 cm³/mol. The minimum absolute atomic E-state index is 0.0550. The number of nitrogens with one attached hydrogen (secondary N) is 1. The molecule has 0 aliphatic carbocycles. The maximum absolute atomic E-state index is 13.1. The summed E-state index contributed by atoms with van der Waals surface area (Å²) in [7, 11) is 0. The van der Waals surface area contributed by atoms with Crippen molar-refractivity contribution < 1.29 is 19.1 Å². The van der Waals surface area contributed by atoms with Crippen LogP contribution < -0.4 is 11.0 Å². The summed E-state index contributed by atoms with van der Waals surface area (Å²) in [6.07, 6.45) is 0. The second-order valence-electron chi connectivity index (χ2n) is 7.72. The number of aromatic nitrogens is 4. The van der Waals surface area contributed by atoms with Crippen LogP contribution in [0.2, 0.25) is 0 Å². The number of carboxylic acid groups (broad SMARTS) is 1. The molecule has 0 aliphatic heterocycles. The van der Waals surface area contributed by atoms with Gasteiger partial charge in [-0.15, -0.1) is 0 Å². The molecular formula is C24H19FIN5O4. The highest BCUT2D eigenvalue weighted by Crippen LogP contribution is 2.18. The average molecular weight is 587 g/mol. The lowest BCUT2D eigenvalue weighted by atomic mass is 10.0. The SMILES string of the molecule is Cc1cc(Cn2nnn(-c3ccc(F)cc3)c2=O)ccc1CNC(=O)c1c(I)cccc1C(=O)O. The van der Waals surface area contributed by atoms with Gasteiger partial charge in [0.25, 0.3) is 5.91 Å². The van der Waals surface area contributed by atoms with E-state index < -0.39 is 23.4 Å². The van der Waals surface area contributed by atoms with Gasteiger partial charge in [0.2, 0.25) is 0 Å². The number of rotatable bonds is 7. The third-order valence-corrected chi connectivity index (χ3v) is 6.26. The number of halogens is 2. The van der Waals surface area contributed by atoms with E-state index in [4.69, 9.17) is 0 Å². The number of amides is 1. The van der Waals surface area contributed by atoms with Gasteiger partial charge in [-0.3, -0.25) is 4.79 Å². The summed E-state index contributed by atoms with van der Waals surface area (Å²) in [5.74, 6) is -2.05. The first kappa shape index (κ1) is 24.3. The Balaban J connectivity index is 1.47. The summed E-state index contributed by atoms with van der Waals surface area (Å²) in [6, 6.07) is 15.5. The second kappa shape index (κ2) is 10.2. The van der Waals surface area contributed by atoms with E-state index in [1.165, 1.54) is 35.0 Å². The van der Waals surface area contributed by atoms with Crippen molar-refractivity contribution in [2.75, 3.05) is 0 Å². The van der Waals surface area contributed by atoms with Crippen molar-refractivity contribution in [3.63, 3.8) is 0 Å². The third-order valence-electron chi connectivity index (χ3n) is 5.36. The molecule has 0 spiro atoms. The summed E-state index contributed by atoms with van der Waals surface area (Å²) < 4.78 is 16.0. The van der Waals surface area contributed by atoms with Crippen molar-refractivity contribution in [2.24, 2.45) is 0 Å². The standard InChI is InChI=1S/C24H19FIN5O4/c1-14-11-15(13-30-24(35)31(29-28-30)18-9-7-17(25)8-10-18)5-6-16(14)12-27-22(32)21-19(23(33)34)3-2-4-20(21)26/h2-11H,12-13H2,1H3,(H,27,32)(H,33,34). The van der Waals surface area contributed by atoms with Crippen LogP contribution in [0.25, 0.3) is 5.69 Å². The fourth-order valence-corrected chi connectivity index (χ4v) is 4.29. The topological polar surface area (TPSA) is 119 Å². The molecule has 1 amide bonds. The normalized spacial score (nSPS) is 10.8. The Labute approximate surface area is 212 Å². The van der Waals surface area contributed by atoms with E-state index in [1.54, 1.807) is 12.1 Å². The molecule has 0 aliphatic rings. The van der Waals surface area contributed by atoms with Crippen LogP contribution in [0.15, 0.2) is 65.5 Å². The number of carboxylic acids is 1. The molecule has 3 aromatic carbocycles. The monoisotopic (exact) mass is 587 g/mol. The van der Waals surface area contributed by atoms with Gasteiger partial charge in [0.05, 0.1) is 23.4 Å². The van der Waals surface area contributed by atoms with Crippen LogP contribution in [0.5, 0.6) is 0 Å². The summed E-state index contributed by atoms with van der Waals surface area (Å²) in [6.45, 7) is 2.26. The average Bonchev–Trinajstić information content (AvgIpc) is 3.18. The van der Waals surface area contributed by atoms with E-state index in [0.717, 1.165) is 21.4 Å². The van der Waals surface area contributed by atoms with E-state index in [1.807, 2.05) is 47.7 Å². The van der Waals surface area contributed by atoms with Crippen LogP contribution >= 0.6 is 22.6 Å². The van der Waals surface area contributed by atoms with Gasteiger partial charge in [0.1, 0.15) is 5.82 Å². The quantitative estimate of drug-likeness (QED) is 0.321. The molecule has 0 fully saturated rings. The Hall–Kier alpha value is -3.87. The Bertz CT molecular complexity index is 1480. The van der Waals surface area contributed by atoms with Gasteiger partial charge in [-0.1, -0.05) is 24.3 Å². The molecule has 0 radical (unpaired) electrons. The van der Waals surface area contributed by atoms with Crippen molar-refractivity contribution in [3.05, 3.63) is 108 Å². The van der Waals surface area contributed by atoms with Gasteiger partial charge in [-0.25, -0.2) is 14.0 Å². The predicted octanol–water partition coefficient (Wildman–Crippen LogP) is 3.16. The lowest BCUT2D eigenvalue weighted by molar-refractivity contribution is 0.0690. The van der Waals surface area contributed by atoms with Gasteiger partial charge in [0, 0.05) is 10.1 Å². The summed E-state index contributed by atoms with van der Waals surface area (Å²) >= 11 is 1.94. The van der Waals surface area contributed by atoms with Crippen LogP contribution in [-0.2, 0) is 13.1 Å². The molecular weight excluding hydrogens is 568 g/mol. The molecule has 178 valence electrons. The molecule has 11 heteroatoms. The zero-order valence-electron chi connectivity index (χ0n) is 18.4. The smallest absolute Gasteiger partial charge is 0.368 e. The largest absolute Gasteiger partial charge is 0.478 e. The number of carbonyl (C=O) groups excluding carboxylic acids is 1. The molecule has 1 heterocycles. The number of hydrogen-bond acceptors (Lipinski definition) is 5. The first-order chi connectivity index (χ1) is 16.7. The van der Waals surface area contributed by atoms with Gasteiger partial charge in [-0.05, 0) is 93.0 Å². The minimum atomic E-state index is -1.17. The summed E-state index contributed by atoms with van der Waals surface area (Å²) in [5, 5.41) is 19.9. The zero-order valence-corrected chi connectivity index (χ0v) is 20.6. The van der Waals surface area contributed by atoms with Crippen LogP contribution in [0.1, 0.15) is 37.4 Å². The highest BCUT2D eigenvalue weighted by Gasteiger charge is 2.19. The first-order valence-electron chi connectivity index (χ1n) is 10.4. The van der Waals surface area contributed by atoms with Gasteiger partial charge >= 0.3 is 11.7 Å². The number of tetrazole rings is 1. The number of carbonyl (C=O) groups is 2. The van der Waals surface area contributed by atoms with Crippen LogP contribution in [0.3, 0.4) is 0 Å². The lowest BCUT2D eigenvalue weighted by Crippen LogP contribution is -2.26. The highest BCUT2D eigenvalue weighted by molar-refractivity contribution is 14.1. The number of benzene rings is 3. The third kappa shape index (κ3) is 5.29. The summed E-state index contributed by atoms with van der Waals surface area (Å²) in [4.78, 5) is 36.8. The van der Waals surface area contributed by atoms with Crippen molar-refractivity contribution >= 4 is 34.5 Å². The second-order valence-corrected chi connectivity index (χ2v) is 8.88. The van der Waals surface area contributed by atoms with Crippen molar-refractivity contribution in [3.8, 4) is 5.69 Å². The maximum Gasteiger partial charge on any atom is 0.368 e. The number of aryl methyl sites for hydroxylation is 1. The lowest BCUT2D eigenvalue weighted by Gasteiger charge is -2.12. The maximum atomic E-state index is 13.1. The van der Waals surface area contributed by atoms with Gasteiger partial charge in [0.15, 0.2) is 0 Å². The van der Waals surface area contributed by atoms with Crippen LogP contribution in [-0.4, -0.2) is 36.8 Å². The Morgan fingerprint density at radius 2 is 1.83 bits per heavy atom. The number of nitrogens with zero attached hydrogens (tertiary/aromatic N) is 4. The molecule has 35 heavy (non-hydrogen) atoms. The molecule has 0 unspecified atom stereocenters. The Morgan fingerprint density at radius 1 is 1.09 bits per heavy atom. The van der Waals surface area contributed by atoms with Gasteiger partial charge < -0.3 is 10.4 Å². The van der Waals surface area contributed by atoms with E-state index in [0.29, 0.717) is 9.26 Å². The van der Waals surface area contributed by atoms with E-state index in [2.05, 4.69) is 15.7 Å².